The van der Waals surface area contributed by atoms with Crippen LogP contribution in [0.15, 0.2) is 18.2 Å². The number of rotatable bonds is 3. The minimum Gasteiger partial charge on any atom is -0.388 e. The Morgan fingerprint density at radius 1 is 1.26 bits per heavy atom. The Bertz CT molecular complexity index is 481. The molecule has 2 heterocycles. The van der Waals surface area contributed by atoms with Crippen molar-refractivity contribution in [3.63, 3.8) is 0 Å². The average Bonchev–Trinajstić information content (AvgIpc) is 3.25. The van der Waals surface area contributed by atoms with Crippen molar-refractivity contribution in [2.45, 2.75) is 25.3 Å². The van der Waals surface area contributed by atoms with Gasteiger partial charge in [0.1, 0.15) is 0 Å². The number of anilines is 2. The first-order valence-corrected chi connectivity index (χ1v) is 7.63. The third kappa shape index (κ3) is 2.10. The second-order valence-electron chi connectivity index (χ2n) is 6.34. The molecule has 3 heteroatoms. The molecule has 1 aromatic carbocycles. The molecule has 1 atom stereocenters. The maximum Gasteiger partial charge on any atom is 0.0421 e. The summed E-state index contributed by atoms with van der Waals surface area (Å²) in [5, 5.41) is 3.26. The van der Waals surface area contributed by atoms with Crippen LogP contribution in [0.5, 0.6) is 0 Å². The Morgan fingerprint density at radius 2 is 2.16 bits per heavy atom. The number of benzene rings is 1. The molecule has 3 aliphatic rings. The molecule has 2 bridgehead atoms. The van der Waals surface area contributed by atoms with Gasteiger partial charge in [-0.05, 0) is 42.9 Å². The molecule has 1 saturated carbocycles. The summed E-state index contributed by atoms with van der Waals surface area (Å²) in [6.07, 6.45) is 4.17. The molecule has 0 aromatic heterocycles. The highest BCUT2D eigenvalue weighted by Crippen LogP contribution is 2.36. The second-order valence-corrected chi connectivity index (χ2v) is 6.34. The molecular weight excluding hydrogens is 234 g/mol. The molecule has 1 N–H and O–H groups in total. The van der Waals surface area contributed by atoms with Crippen molar-refractivity contribution in [2.75, 3.05) is 43.4 Å². The van der Waals surface area contributed by atoms with E-state index in [0.717, 1.165) is 12.0 Å². The number of hydrogen-bond donors (Lipinski definition) is 1. The van der Waals surface area contributed by atoms with E-state index in [1.54, 1.807) is 0 Å². The third-order valence-corrected chi connectivity index (χ3v) is 4.96. The molecular formula is C16H23N3. The lowest BCUT2D eigenvalue weighted by Crippen LogP contribution is -2.57. The van der Waals surface area contributed by atoms with Crippen LogP contribution in [0.4, 0.5) is 11.4 Å². The average molecular weight is 257 g/mol. The Kier molecular flexibility index (Phi) is 2.69. The fourth-order valence-corrected chi connectivity index (χ4v) is 3.62. The smallest absolute Gasteiger partial charge is 0.0421 e. The van der Waals surface area contributed by atoms with Crippen LogP contribution < -0.4 is 10.2 Å². The van der Waals surface area contributed by atoms with Gasteiger partial charge in [0.2, 0.25) is 0 Å². The van der Waals surface area contributed by atoms with Gasteiger partial charge in [-0.15, -0.1) is 0 Å². The SMILES string of the molecule is CNc1ccc2c(c1)N1CCN(CC3CC3)C(C2)C1. The molecule has 19 heavy (non-hydrogen) atoms. The van der Waals surface area contributed by atoms with E-state index in [1.807, 2.05) is 7.05 Å². The van der Waals surface area contributed by atoms with Gasteiger partial charge in [-0.25, -0.2) is 0 Å². The molecule has 2 aliphatic heterocycles. The monoisotopic (exact) mass is 257 g/mol. The molecule has 4 rings (SSSR count). The summed E-state index contributed by atoms with van der Waals surface area (Å²) in [6, 6.07) is 7.61. The van der Waals surface area contributed by atoms with Crippen molar-refractivity contribution >= 4 is 11.4 Å². The van der Waals surface area contributed by atoms with Gasteiger partial charge in [0, 0.05) is 50.6 Å². The summed E-state index contributed by atoms with van der Waals surface area (Å²) in [5.74, 6) is 1.01. The van der Waals surface area contributed by atoms with Crippen LogP contribution in [-0.2, 0) is 6.42 Å². The lowest BCUT2D eigenvalue weighted by Gasteiger charge is -2.47. The van der Waals surface area contributed by atoms with Gasteiger partial charge in [-0.3, -0.25) is 4.90 Å². The van der Waals surface area contributed by atoms with Gasteiger partial charge in [0.05, 0.1) is 0 Å². The van der Waals surface area contributed by atoms with Crippen molar-refractivity contribution in [1.29, 1.82) is 0 Å². The number of piperazine rings is 1. The molecule has 2 fully saturated rings. The summed E-state index contributed by atoms with van der Waals surface area (Å²) in [6.45, 7) is 5.03. The number of nitrogens with one attached hydrogen (secondary N) is 1. The predicted molar refractivity (Wildman–Crippen MR) is 80.0 cm³/mol. The summed E-state index contributed by atoms with van der Waals surface area (Å²) in [7, 11) is 2.00. The molecule has 1 unspecified atom stereocenters. The highest BCUT2D eigenvalue weighted by atomic mass is 15.3. The molecule has 0 spiro atoms. The molecule has 1 saturated heterocycles. The van der Waals surface area contributed by atoms with E-state index in [2.05, 4.69) is 33.3 Å². The van der Waals surface area contributed by atoms with E-state index < -0.39 is 0 Å². The van der Waals surface area contributed by atoms with Crippen molar-refractivity contribution in [2.24, 2.45) is 5.92 Å². The van der Waals surface area contributed by atoms with Crippen LogP contribution in [0, 0.1) is 5.92 Å². The topological polar surface area (TPSA) is 18.5 Å². The second kappa shape index (κ2) is 4.41. The highest BCUT2D eigenvalue weighted by molar-refractivity contribution is 5.64. The summed E-state index contributed by atoms with van der Waals surface area (Å²) < 4.78 is 0. The molecule has 0 amide bonds. The van der Waals surface area contributed by atoms with Crippen LogP contribution in [0.1, 0.15) is 18.4 Å². The zero-order chi connectivity index (χ0) is 12.8. The number of fused-ring (bicyclic) bond motifs is 4. The maximum absolute atomic E-state index is 3.26. The van der Waals surface area contributed by atoms with Crippen LogP contribution in [0.3, 0.4) is 0 Å². The van der Waals surface area contributed by atoms with E-state index in [0.29, 0.717) is 0 Å². The van der Waals surface area contributed by atoms with Crippen LogP contribution in [0.2, 0.25) is 0 Å². The van der Waals surface area contributed by atoms with Gasteiger partial charge in [-0.1, -0.05) is 6.07 Å². The fourth-order valence-electron chi connectivity index (χ4n) is 3.62. The van der Waals surface area contributed by atoms with Gasteiger partial charge in [0.25, 0.3) is 0 Å². The van der Waals surface area contributed by atoms with Crippen molar-refractivity contribution in [3.8, 4) is 0 Å². The molecule has 0 radical (unpaired) electrons. The van der Waals surface area contributed by atoms with Crippen LogP contribution >= 0.6 is 0 Å². The van der Waals surface area contributed by atoms with Crippen molar-refractivity contribution in [3.05, 3.63) is 23.8 Å². The van der Waals surface area contributed by atoms with Gasteiger partial charge >= 0.3 is 0 Å². The Balaban J connectivity index is 1.58. The highest BCUT2D eigenvalue weighted by Gasteiger charge is 2.35. The lowest BCUT2D eigenvalue weighted by molar-refractivity contribution is 0.162. The minimum atomic E-state index is 0.752. The fraction of sp³-hybridized carbons (Fsp3) is 0.625. The third-order valence-electron chi connectivity index (χ3n) is 4.96. The standard InChI is InChI=1S/C16H23N3/c1-17-14-5-4-13-8-15-11-19(16(13)9-14)7-6-18(15)10-12-2-3-12/h4-5,9,12,15,17H,2-3,6-8,10-11H2,1H3. The van der Waals surface area contributed by atoms with Crippen LogP contribution in [-0.4, -0.2) is 44.2 Å². The Labute approximate surface area is 115 Å². The minimum absolute atomic E-state index is 0.752. The van der Waals surface area contributed by atoms with E-state index in [4.69, 9.17) is 0 Å². The zero-order valence-electron chi connectivity index (χ0n) is 11.7. The van der Waals surface area contributed by atoms with Gasteiger partial charge < -0.3 is 10.2 Å². The van der Waals surface area contributed by atoms with Crippen molar-refractivity contribution in [1.82, 2.24) is 4.90 Å². The number of nitrogens with zero attached hydrogens (tertiary/aromatic N) is 2. The van der Waals surface area contributed by atoms with E-state index >= 15 is 0 Å². The summed E-state index contributed by atoms with van der Waals surface area (Å²) >= 11 is 0. The summed E-state index contributed by atoms with van der Waals surface area (Å²) in [4.78, 5) is 5.34. The predicted octanol–water partition coefficient (Wildman–Crippen LogP) is 2.19. The van der Waals surface area contributed by atoms with Crippen molar-refractivity contribution < 1.29 is 0 Å². The maximum atomic E-state index is 3.26. The lowest BCUT2D eigenvalue weighted by atomic mass is 9.94. The van der Waals surface area contributed by atoms with E-state index in [9.17, 15) is 0 Å². The molecule has 3 nitrogen and oxygen atoms in total. The van der Waals surface area contributed by atoms with Gasteiger partial charge in [0.15, 0.2) is 0 Å². The first-order valence-electron chi connectivity index (χ1n) is 7.63. The van der Waals surface area contributed by atoms with E-state index in [1.165, 1.54) is 62.4 Å². The van der Waals surface area contributed by atoms with E-state index in [-0.39, 0.29) is 0 Å². The molecule has 1 aliphatic carbocycles. The zero-order valence-corrected chi connectivity index (χ0v) is 11.7. The first-order chi connectivity index (χ1) is 9.33. The first kappa shape index (κ1) is 11.6. The quantitative estimate of drug-likeness (QED) is 0.895. The normalized spacial score (nSPS) is 26.2. The van der Waals surface area contributed by atoms with Crippen LogP contribution in [0.25, 0.3) is 0 Å². The molecule has 102 valence electrons. The Morgan fingerprint density at radius 3 is 2.95 bits per heavy atom. The summed E-state index contributed by atoms with van der Waals surface area (Å²) in [5.41, 5.74) is 4.24. The Hall–Kier alpha value is -1.22. The molecule has 1 aromatic rings. The van der Waals surface area contributed by atoms with Gasteiger partial charge in [-0.2, -0.15) is 0 Å². The largest absolute Gasteiger partial charge is 0.388 e. The number of hydrogen-bond acceptors (Lipinski definition) is 3.